The molecule has 0 spiro atoms. The first-order chi connectivity index (χ1) is 41.3. The van der Waals surface area contributed by atoms with Gasteiger partial charge < -0.3 is 89.9 Å². The lowest BCUT2D eigenvalue weighted by molar-refractivity contribution is -0.379. The van der Waals surface area contributed by atoms with Gasteiger partial charge in [-0.3, -0.25) is 4.79 Å². The molecule has 19 nitrogen and oxygen atoms in total. The van der Waals surface area contributed by atoms with E-state index < -0.39 is 124 Å². The van der Waals surface area contributed by atoms with Gasteiger partial charge in [-0.1, -0.05) is 210 Å². The third-order valence-corrected chi connectivity index (χ3v) is 16.6. The molecule has 3 aliphatic rings. The minimum atomic E-state index is -1.98. The summed E-state index contributed by atoms with van der Waals surface area (Å²) in [4.78, 5) is 13.4. The predicted molar refractivity (Wildman–Crippen MR) is 328 cm³/mol. The molecule has 17 unspecified atom stereocenters. The Kier molecular flexibility index (Phi) is 44.0. The van der Waals surface area contributed by atoms with Gasteiger partial charge in [0.25, 0.3) is 0 Å². The molecule has 0 radical (unpaired) electrons. The third kappa shape index (κ3) is 31.4. The lowest BCUT2D eigenvalue weighted by Gasteiger charge is -2.48. The van der Waals surface area contributed by atoms with Crippen molar-refractivity contribution in [2.24, 2.45) is 0 Å². The maximum Gasteiger partial charge on any atom is 0.220 e. The summed E-state index contributed by atoms with van der Waals surface area (Å²) in [7, 11) is 0. The van der Waals surface area contributed by atoms with E-state index in [1.807, 2.05) is 6.08 Å². The molecular weight excluding hydrogens is 1090 g/mol. The quantitative estimate of drug-likeness (QED) is 0.0204. The Morgan fingerprint density at radius 3 is 1.26 bits per heavy atom. The number of ether oxygens (including phenoxy) is 6. The number of aliphatic hydroxyl groups excluding tert-OH is 11. The first kappa shape index (κ1) is 77.0. The third-order valence-electron chi connectivity index (χ3n) is 16.6. The minimum absolute atomic E-state index is 0.226. The molecule has 85 heavy (non-hydrogen) atoms. The van der Waals surface area contributed by atoms with Crippen molar-refractivity contribution in [3.63, 3.8) is 0 Å². The fraction of sp³-hybridized carbons (Fsp3) is 0.864. The van der Waals surface area contributed by atoms with E-state index in [1.54, 1.807) is 6.08 Å². The highest BCUT2D eigenvalue weighted by Crippen LogP contribution is 2.33. The van der Waals surface area contributed by atoms with Crippen molar-refractivity contribution >= 4 is 5.91 Å². The topological polar surface area (TPSA) is 307 Å². The van der Waals surface area contributed by atoms with Crippen LogP contribution in [0.3, 0.4) is 0 Å². The number of aliphatic hydroxyl groups is 11. The zero-order valence-electron chi connectivity index (χ0n) is 52.1. The number of carbonyl (C=O) groups is 1. The lowest BCUT2D eigenvalue weighted by atomic mass is 9.96. The SMILES string of the molecule is CCCCCC/C=C\C/C=C\CCCCCCCCCC(=O)NC(COC1OC(CO)C(OC2OC(CO)C(OC3OC(CO)C(O)C(O)C3O)C(O)C2O)C(O)C1O)C(O)/C=C/CC/C=C/CCCCCCCCCCCCCCCCCC. The summed E-state index contributed by atoms with van der Waals surface area (Å²) >= 11 is 0. The van der Waals surface area contributed by atoms with Gasteiger partial charge in [0.2, 0.25) is 5.91 Å². The van der Waals surface area contributed by atoms with Crippen molar-refractivity contribution in [3.05, 3.63) is 48.6 Å². The summed E-state index contributed by atoms with van der Waals surface area (Å²) in [6, 6.07) is -0.995. The van der Waals surface area contributed by atoms with Crippen molar-refractivity contribution in [2.75, 3.05) is 26.4 Å². The maximum atomic E-state index is 13.4. The van der Waals surface area contributed by atoms with E-state index in [9.17, 15) is 61.0 Å². The molecule has 3 rings (SSSR count). The van der Waals surface area contributed by atoms with Gasteiger partial charge in [-0.15, -0.1) is 0 Å². The molecule has 0 aromatic rings. The molecule has 12 N–H and O–H groups in total. The minimum Gasteiger partial charge on any atom is -0.394 e. The molecule has 0 saturated carbocycles. The molecule has 3 fully saturated rings. The van der Waals surface area contributed by atoms with Gasteiger partial charge in [-0.2, -0.15) is 0 Å². The Labute approximate surface area is 510 Å². The number of carbonyl (C=O) groups excluding carboxylic acids is 1. The van der Waals surface area contributed by atoms with Crippen molar-refractivity contribution in [1.29, 1.82) is 0 Å². The zero-order valence-corrected chi connectivity index (χ0v) is 52.1. The molecule has 3 saturated heterocycles. The lowest BCUT2D eigenvalue weighted by Crippen LogP contribution is -2.66. The van der Waals surface area contributed by atoms with Crippen LogP contribution in [0.4, 0.5) is 0 Å². The smallest absolute Gasteiger partial charge is 0.220 e. The summed E-state index contributed by atoms with van der Waals surface area (Å²) in [6.07, 6.45) is 29.4. The normalized spacial score (nSPS) is 29.3. The molecule has 0 aliphatic carbocycles. The Morgan fingerprint density at radius 2 is 0.788 bits per heavy atom. The van der Waals surface area contributed by atoms with Crippen molar-refractivity contribution in [3.8, 4) is 0 Å². The van der Waals surface area contributed by atoms with E-state index in [1.165, 1.54) is 122 Å². The van der Waals surface area contributed by atoms with E-state index in [0.29, 0.717) is 12.8 Å². The Balaban J connectivity index is 1.48. The molecule has 19 heteroatoms. The van der Waals surface area contributed by atoms with Crippen LogP contribution in [0.15, 0.2) is 48.6 Å². The van der Waals surface area contributed by atoms with Crippen LogP contribution in [0.5, 0.6) is 0 Å². The van der Waals surface area contributed by atoms with Crippen molar-refractivity contribution < 1.29 is 89.4 Å². The van der Waals surface area contributed by atoms with Crippen molar-refractivity contribution in [1.82, 2.24) is 5.32 Å². The van der Waals surface area contributed by atoms with Crippen LogP contribution in [0, 0.1) is 0 Å². The van der Waals surface area contributed by atoms with Crippen LogP contribution >= 0.6 is 0 Å². The maximum absolute atomic E-state index is 13.4. The van der Waals surface area contributed by atoms with E-state index in [2.05, 4.69) is 55.6 Å². The Hall–Kier alpha value is -2.25. The van der Waals surface area contributed by atoms with E-state index in [-0.39, 0.29) is 18.9 Å². The standard InChI is InChI=1S/C66H119NO18/c1-3-5-7-9-11-13-15-17-19-21-23-24-25-26-27-29-31-33-35-37-39-41-43-50(71)49(67-54(72)44-42-40-38-36-34-32-30-28-22-20-18-16-14-12-10-8-6-4-2)48-80-64-60(78)57(75)62(52(46-69)82-64)85-66-61(79)58(76)63(53(47-70)83-66)84-65-59(77)56(74)55(73)51(45-68)81-65/h14,16,20,22,33,35,41,43,49-53,55-66,68-71,73-79H,3-13,15,17-19,21,23-32,34,36-40,42,44-48H2,1-2H3,(H,67,72)/b16-14-,22-20-,35-33+,43-41+. The van der Waals surface area contributed by atoms with Crippen LogP contribution in [-0.2, 0) is 33.2 Å². The molecule has 0 bridgehead atoms. The summed E-state index contributed by atoms with van der Waals surface area (Å²) < 4.78 is 34.3. The second-order valence-corrected chi connectivity index (χ2v) is 23.9. The monoisotopic (exact) mass is 1210 g/mol. The highest BCUT2D eigenvalue weighted by atomic mass is 16.8. The fourth-order valence-electron chi connectivity index (χ4n) is 11.1. The van der Waals surface area contributed by atoms with Gasteiger partial charge in [-0.05, 0) is 64.2 Å². The van der Waals surface area contributed by atoms with Gasteiger partial charge >= 0.3 is 0 Å². The summed E-state index contributed by atoms with van der Waals surface area (Å²) in [6.45, 7) is 1.70. The number of allylic oxidation sites excluding steroid dienone is 7. The summed E-state index contributed by atoms with van der Waals surface area (Å²) in [5, 5.41) is 120. The van der Waals surface area contributed by atoms with Gasteiger partial charge in [0, 0.05) is 6.42 Å². The molecule has 0 aromatic carbocycles. The van der Waals surface area contributed by atoms with Crippen LogP contribution in [-0.4, -0.2) is 193 Å². The molecule has 17 atom stereocenters. The number of amides is 1. The molecule has 496 valence electrons. The van der Waals surface area contributed by atoms with E-state index >= 15 is 0 Å². The van der Waals surface area contributed by atoms with Gasteiger partial charge in [0.05, 0.1) is 38.6 Å². The highest BCUT2D eigenvalue weighted by Gasteiger charge is 2.53. The van der Waals surface area contributed by atoms with Gasteiger partial charge in [-0.25, -0.2) is 0 Å². The number of unbranched alkanes of at least 4 members (excludes halogenated alkanes) is 28. The van der Waals surface area contributed by atoms with E-state index in [0.717, 1.165) is 77.0 Å². The average molecular weight is 1210 g/mol. The second kappa shape index (κ2) is 48.6. The molecule has 3 aliphatic heterocycles. The molecule has 0 aromatic heterocycles. The fourth-order valence-corrected chi connectivity index (χ4v) is 11.1. The number of hydrogen-bond donors (Lipinski definition) is 12. The number of rotatable bonds is 50. The van der Waals surface area contributed by atoms with Gasteiger partial charge in [0.1, 0.15) is 73.2 Å². The highest BCUT2D eigenvalue weighted by molar-refractivity contribution is 5.76. The summed E-state index contributed by atoms with van der Waals surface area (Å²) in [5.74, 6) is -0.293. The Bertz CT molecular complexity index is 1740. The van der Waals surface area contributed by atoms with Crippen LogP contribution in [0.1, 0.15) is 232 Å². The van der Waals surface area contributed by atoms with E-state index in [4.69, 9.17) is 28.4 Å². The first-order valence-electron chi connectivity index (χ1n) is 33.4. The summed E-state index contributed by atoms with van der Waals surface area (Å²) in [5.41, 5.74) is 0. The Morgan fingerprint density at radius 1 is 0.424 bits per heavy atom. The predicted octanol–water partition coefficient (Wildman–Crippen LogP) is 7.83. The van der Waals surface area contributed by atoms with Crippen LogP contribution in [0.25, 0.3) is 0 Å². The van der Waals surface area contributed by atoms with Crippen LogP contribution in [0.2, 0.25) is 0 Å². The molecule has 1 amide bonds. The number of hydrogen-bond acceptors (Lipinski definition) is 18. The van der Waals surface area contributed by atoms with Crippen molar-refractivity contribution in [2.45, 2.75) is 336 Å². The average Bonchev–Trinajstić information content (AvgIpc) is 3.07. The van der Waals surface area contributed by atoms with Gasteiger partial charge in [0.15, 0.2) is 18.9 Å². The second-order valence-electron chi connectivity index (χ2n) is 23.9. The zero-order chi connectivity index (χ0) is 61.9. The molecule has 3 heterocycles. The number of nitrogens with one attached hydrogen (secondary N) is 1. The van der Waals surface area contributed by atoms with Crippen LogP contribution < -0.4 is 5.32 Å². The first-order valence-corrected chi connectivity index (χ1v) is 33.4. The largest absolute Gasteiger partial charge is 0.394 e. The molecular formula is C66H119NO18.